The molecule has 1 aromatic heterocycles. The van der Waals surface area contributed by atoms with Gasteiger partial charge in [0.1, 0.15) is 23.0 Å². The maximum atomic E-state index is 13.4. The van der Waals surface area contributed by atoms with Gasteiger partial charge in [0.15, 0.2) is 18.1 Å². The lowest BCUT2D eigenvalue weighted by Crippen LogP contribution is -2.26. The highest BCUT2D eigenvalue weighted by Crippen LogP contribution is 2.38. The normalized spacial score (nSPS) is 14.7. The number of rotatable bonds is 16. The molecule has 3 aromatic rings. The number of aromatic nitrogens is 1. The highest BCUT2D eigenvalue weighted by molar-refractivity contribution is 6.35. The van der Waals surface area contributed by atoms with Gasteiger partial charge in [0.25, 0.3) is 0 Å². The molecule has 0 amide bonds. The van der Waals surface area contributed by atoms with Crippen LogP contribution in [-0.4, -0.2) is 55.0 Å². The molecule has 15 heteroatoms. The third kappa shape index (κ3) is 11.9. The van der Waals surface area contributed by atoms with E-state index in [4.69, 9.17) is 46.9 Å². The van der Waals surface area contributed by atoms with Crippen molar-refractivity contribution < 1.29 is 51.6 Å². The first-order valence-corrected chi connectivity index (χ1v) is 17.1. The van der Waals surface area contributed by atoms with E-state index < -0.39 is 43.0 Å². The van der Waals surface area contributed by atoms with E-state index in [-0.39, 0.29) is 39.3 Å². The van der Waals surface area contributed by atoms with Gasteiger partial charge in [-0.05, 0) is 99.7 Å². The molecule has 2 aliphatic carbocycles. The molecular weight excluding hydrogens is 713 g/mol. The fourth-order valence-electron chi connectivity index (χ4n) is 4.80. The second-order valence-corrected chi connectivity index (χ2v) is 14.1. The Labute approximate surface area is 303 Å². The van der Waals surface area contributed by atoms with Crippen molar-refractivity contribution in [2.75, 3.05) is 25.1 Å². The van der Waals surface area contributed by atoms with Crippen LogP contribution in [0.5, 0.6) is 17.2 Å². The molecule has 2 aromatic carbocycles. The van der Waals surface area contributed by atoms with Crippen LogP contribution in [0.25, 0.3) is 0 Å². The second kappa shape index (κ2) is 16.8. The van der Waals surface area contributed by atoms with Gasteiger partial charge < -0.3 is 33.7 Å². The van der Waals surface area contributed by atoms with E-state index in [1.165, 1.54) is 42.7 Å². The number of hydrogen-bond acceptors (Lipinski definition) is 11. The summed E-state index contributed by atoms with van der Waals surface area (Å²) in [7, 11) is 0. The number of carbonyl (C=O) groups excluding carboxylic acids is 3. The van der Waals surface area contributed by atoms with Crippen molar-refractivity contribution in [2.24, 2.45) is 11.8 Å². The third-order valence-electron chi connectivity index (χ3n) is 7.74. The van der Waals surface area contributed by atoms with Crippen molar-refractivity contribution in [3.05, 3.63) is 75.5 Å². The van der Waals surface area contributed by atoms with E-state index in [2.05, 4.69) is 15.0 Å². The van der Waals surface area contributed by atoms with E-state index in [0.29, 0.717) is 41.8 Å². The van der Waals surface area contributed by atoms with Crippen LogP contribution in [-0.2, 0) is 25.4 Å². The van der Waals surface area contributed by atoms with Crippen LogP contribution in [0.4, 0.5) is 19.3 Å². The van der Waals surface area contributed by atoms with Gasteiger partial charge in [-0.1, -0.05) is 29.3 Å². The van der Waals surface area contributed by atoms with E-state index >= 15 is 0 Å². The zero-order valence-electron chi connectivity index (χ0n) is 28.2. The van der Waals surface area contributed by atoms with Gasteiger partial charge in [0.05, 0.1) is 16.7 Å². The standard InChI is InChI=1S/C36H38Cl2F2N2O9/c1-36(2,3)51-35(45)50-28-11-9-23(42-15-20-4-5-20)13-25(28)33(44)47-19-32(43)48-30(14-24-26(37)16-41-17-27(24)38)22-8-10-29(49-34(39)40)31(12-22)46-18-21-6-7-21/h8-13,16-17,20-21,30,34,42H,4-7,14-15,18-19H2,1-3H3/t30-/m0/s1. The number of hydrogen-bond donors (Lipinski definition) is 1. The summed E-state index contributed by atoms with van der Waals surface area (Å²) in [5.41, 5.74) is 0.338. The molecule has 1 atom stereocenters. The minimum atomic E-state index is -3.10. The van der Waals surface area contributed by atoms with Gasteiger partial charge in [-0.25, -0.2) is 14.4 Å². The Balaban J connectivity index is 1.34. The summed E-state index contributed by atoms with van der Waals surface area (Å²) >= 11 is 12.8. The van der Waals surface area contributed by atoms with Crippen molar-refractivity contribution in [3.8, 4) is 17.2 Å². The second-order valence-electron chi connectivity index (χ2n) is 13.3. The van der Waals surface area contributed by atoms with Crippen molar-refractivity contribution in [1.82, 2.24) is 4.98 Å². The average molecular weight is 752 g/mol. The summed E-state index contributed by atoms with van der Waals surface area (Å²) < 4.78 is 58.5. The molecule has 0 saturated heterocycles. The first-order chi connectivity index (χ1) is 24.2. The highest BCUT2D eigenvalue weighted by Gasteiger charge is 2.28. The molecule has 0 unspecified atom stereocenters. The fourth-order valence-corrected chi connectivity index (χ4v) is 5.32. The molecule has 0 aliphatic heterocycles. The molecule has 0 spiro atoms. The molecule has 0 radical (unpaired) electrons. The maximum Gasteiger partial charge on any atom is 0.514 e. The summed E-state index contributed by atoms with van der Waals surface area (Å²) in [4.78, 5) is 43.0. The molecule has 1 N–H and O–H groups in total. The van der Waals surface area contributed by atoms with Crippen molar-refractivity contribution >= 4 is 47.0 Å². The summed E-state index contributed by atoms with van der Waals surface area (Å²) in [5, 5.41) is 3.64. The Morgan fingerprint density at radius 1 is 0.941 bits per heavy atom. The summed E-state index contributed by atoms with van der Waals surface area (Å²) in [6, 6.07) is 8.70. The predicted octanol–water partition coefficient (Wildman–Crippen LogP) is 8.60. The van der Waals surface area contributed by atoms with Crippen molar-refractivity contribution in [2.45, 2.75) is 71.2 Å². The Morgan fingerprint density at radius 3 is 2.27 bits per heavy atom. The van der Waals surface area contributed by atoms with Crippen LogP contribution in [0.3, 0.4) is 0 Å². The number of alkyl halides is 2. The van der Waals surface area contributed by atoms with Crippen molar-refractivity contribution in [1.29, 1.82) is 0 Å². The number of pyridine rings is 1. The zero-order chi connectivity index (χ0) is 36.7. The SMILES string of the molecule is CC(C)(C)OC(=O)Oc1ccc(NCC2CC2)cc1C(=O)OCC(=O)O[C@@H](Cc1c(Cl)cncc1Cl)c1ccc(OC(F)F)c(OCC2CC2)c1. The maximum absolute atomic E-state index is 13.4. The van der Waals surface area contributed by atoms with Gasteiger partial charge in [0.2, 0.25) is 0 Å². The van der Waals surface area contributed by atoms with Crippen LogP contribution >= 0.6 is 23.2 Å². The van der Waals surface area contributed by atoms with Crippen LogP contribution in [0.2, 0.25) is 10.0 Å². The molecule has 274 valence electrons. The van der Waals surface area contributed by atoms with Gasteiger partial charge >= 0.3 is 24.7 Å². The lowest BCUT2D eigenvalue weighted by atomic mass is 10.0. The summed E-state index contributed by atoms with van der Waals surface area (Å²) in [5.74, 6) is -1.38. The number of esters is 2. The van der Waals surface area contributed by atoms with Crippen LogP contribution < -0.4 is 19.5 Å². The Morgan fingerprint density at radius 2 is 1.63 bits per heavy atom. The lowest BCUT2D eigenvalue weighted by molar-refractivity contribution is -0.153. The number of nitrogens with zero attached hydrogens (tertiary/aromatic N) is 1. The first-order valence-electron chi connectivity index (χ1n) is 16.4. The molecule has 5 rings (SSSR count). The molecule has 0 bridgehead atoms. The number of benzene rings is 2. The molecule has 1 heterocycles. The summed E-state index contributed by atoms with van der Waals surface area (Å²) in [6.07, 6.45) is 4.68. The quantitative estimate of drug-likeness (QED) is 0.0858. The molecule has 11 nitrogen and oxygen atoms in total. The Kier molecular flexibility index (Phi) is 12.5. The predicted molar refractivity (Wildman–Crippen MR) is 183 cm³/mol. The van der Waals surface area contributed by atoms with Gasteiger partial charge in [-0.3, -0.25) is 4.98 Å². The molecular formula is C36H38Cl2F2N2O9. The van der Waals surface area contributed by atoms with E-state index in [0.717, 1.165) is 25.7 Å². The topological polar surface area (TPSA) is 132 Å². The van der Waals surface area contributed by atoms with E-state index in [9.17, 15) is 23.2 Å². The van der Waals surface area contributed by atoms with Crippen LogP contribution in [0.15, 0.2) is 48.8 Å². The first kappa shape index (κ1) is 37.9. The molecule has 2 fully saturated rings. The highest BCUT2D eigenvalue weighted by atomic mass is 35.5. The molecule has 51 heavy (non-hydrogen) atoms. The number of nitrogens with one attached hydrogen (secondary N) is 1. The van der Waals surface area contributed by atoms with Gasteiger partial charge in [-0.2, -0.15) is 8.78 Å². The average Bonchev–Trinajstić information content (AvgIpc) is 3.99. The van der Waals surface area contributed by atoms with Crippen LogP contribution in [0.1, 0.15) is 74.0 Å². The van der Waals surface area contributed by atoms with E-state index in [1.54, 1.807) is 26.8 Å². The van der Waals surface area contributed by atoms with Gasteiger partial charge in [0, 0.05) is 31.0 Å². The fraction of sp³-hybridized carbons (Fsp3) is 0.444. The van der Waals surface area contributed by atoms with Crippen molar-refractivity contribution in [3.63, 3.8) is 0 Å². The smallest absolute Gasteiger partial charge is 0.489 e. The number of anilines is 1. The number of carbonyl (C=O) groups is 3. The Bertz CT molecular complexity index is 1710. The minimum absolute atomic E-state index is 0.0341. The number of halogens is 4. The van der Waals surface area contributed by atoms with Crippen LogP contribution in [0, 0.1) is 11.8 Å². The Hall–Kier alpha value is -4.36. The summed E-state index contributed by atoms with van der Waals surface area (Å²) in [6.45, 7) is 2.05. The largest absolute Gasteiger partial charge is 0.514 e. The molecule has 2 saturated carbocycles. The third-order valence-corrected chi connectivity index (χ3v) is 8.39. The zero-order valence-corrected chi connectivity index (χ0v) is 29.7. The number of ether oxygens (including phenoxy) is 6. The molecule has 2 aliphatic rings. The monoisotopic (exact) mass is 750 g/mol. The minimum Gasteiger partial charge on any atom is -0.489 e. The van der Waals surface area contributed by atoms with E-state index in [1.807, 2.05) is 0 Å². The lowest BCUT2D eigenvalue weighted by Gasteiger charge is -2.22. The van der Waals surface area contributed by atoms with Gasteiger partial charge in [-0.15, -0.1) is 0 Å².